The number of ether oxygens (including phenoxy) is 1. The van der Waals surface area contributed by atoms with Gasteiger partial charge < -0.3 is 20.3 Å². The zero-order valence-corrected chi connectivity index (χ0v) is 23.6. The van der Waals surface area contributed by atoms with E-state index in [0.717, 1.165) is 5.56 Å². The van der Waals surface area contributed by atoms with E-state index in [1.54, 1.807) is 45.0 Å². The minimum Gasteiger partial charge on any atom is -0.444 e. The Bertz CT molecular complexity index is 1160. The number of aryl methyl sites for hydroxylation is 1. The zero-order chi connectivity index (χ0) is 28.5. The van der Waals surface area contributed by atoms with Gasteiger partial charge in [0.1, 0.15) is 17.7 Å². The highest BCUT2D eigenvalue weighted by Gasteiger charge is 2.38. The monoisotopic (exact) mass is 519 g/mol. The van der Waals surface area contributed by atoms with Gasteiger partial charge in [-0.05, 0) is 63.3 Å². The highest BCUT2D eigenvalue weighted by Crippen LogP contribution is 2.29. The van der Waals surface area contributed by atoms with Crippen molar-refractivity contribution in [1.82, 2.24) is 10.2 Å². The number of nitrogens with zero attached hydrogens (tertiary/aromatic N) is 1. The van der Waals surface area contributed by atoms with E-state index >= 15 is 0 Å². The van der Waals surface area contributed by atoms with Crippen molar-refractivity contribution < 1.29 is 19.1 Å². The third-order valence-corrected chi connectivity index (χ3v) is 6.27. The summed E-state index contributed by atoms with van der Waals surface area (Å²) in [4.78, 5) is 42.4. The lowest BCUT2D eigenvalue weighted by molar-refractivity contribution is -0.141. The third-order valence-electron chi connectivity index (χ3n) is 6.27. The molecule has 0 bridgehead atoms. The second kappa shape index (κ2) is 13.7. The van der Waals surface area contributed by atoms with Crippen LogP contribution in [0.4, 0.5) is 10.5 Å². The van der Waals surface area contributed by atoms with Crippen LogP contribution in [-0.2, 0) is 14.3 Å². The molecular weight excluding hydrogens is 478 g/mol. The van der Waals surface area contributed by atoms with Gasteiger partial charge in [0.15, 0.2) is 0 Å². The molecule has 0 aliphatic heterocycles. The van der Waals surface area contributed by atoms with Crippen LogP contribution in [0.1, 0.15) is 77.1 Å². The van der Waals surface area contributed by atoms with Crippen molar-refractivity contribution >= 4 is 23.6 Å². The number of carbonyl (C=O) groups excluding carboxylic acids is 3. The van der Waals surface area contributed by atoms with Crippen molar-refractivity contribution in [2.45, 2.75) is 79.0 Å². The quantitative estimate of drug-likeness (QED) is 0.387. The first-order valence-corrected chi connectivity index (χ1v) is 13.1. The van der Waals surface area contributed by atoms with E-state index in [1.807, 2.05) is 52.0 Å². The molecule has 0 saturated heterocycles. The maximum Gasteiger partial charge on any atom is 0.408 e. The Hall–Kier alpha value is -3.79. The van der Waals surface area contributed by atoms with Crippen molar-refractivity contribution in [2.24, 2.45) is 5.92 Å². The number of benzene rings is 2. The number of nitrogens with one attached hydrogen (secondary N) is 2. The molecule has 0 radical (unpaired) electrons. The molecule has 38 heavy (non-hydrogen) atoms. The van der Waals surface area contributed by atoms with Gasteiger partial charge in [0.25, 0.3) is 5.91 Å². The summed E-state index contributed by atoms with van der Waals surface area (Å²) in [5.74, 6) is 1.69. The summed E-state index contributed by atoms with van der Waals surface area (Å²) in [5.41, 5.74) is 1.88. The molecule has 0 saturated carbocycles. The highest BCUT2D eigenvalue weighted by molar-refractivity contribution is 5.99. The molecule has 0 aliphatic rings. The molecule has 2 N–H and O–H groups in total. The van der Waals surface area contributed by atoms with Crippen molar-refractivity contribution in [1.29, 1.82) is 0 Å². The molecule has 7 heteroatoms. The van der Waals surface area contributed by atoms with Gasteiger partial charge in [0.2, 0.25) is 5.91 Å². The van der Waals surface area contributed by atoms with Crippen molar-refractivity contribution in [3.05, 3.63) is 65.2 Å². The number of hydrogen-bond acceptors (Lipinski definition) is 4. The minimum absolute atomic E-state index is 0.211. The zero-order valence-electron chi connectivity index (χ0n) is 23.6. The van der Waals surface area contributed by atoms with Gasteiger partial charge in [0.05, 0.1) is 0 Å². The molecule has 0 aromatic heterocycles. The van der Waals surface area contributed by atoms with E-state index < -0.39 is 23.8 Å². The standard InChI is InChI=1S/C31H41N3O4/c1-9-20-34(29(36)26(21(4)10-2)33-30(37)38-31(6,7)8)27(24-18-14-13-17-23(24)11-3)28(35)32-25-19-15-12-16-22(25)5/h3,12-19,21,26-27H,9-10,20H2,1-2,4-8H3,(H,32,35)(H,33,37). The Balaban J connectivity index is 2.59. The molecule has 0 fully saturated rings. The molecule has 204 valence electrons. The highest BCUT2D eigenvalue weighted by atomic mass is 16.6. The number of alkyl carbamates (subject to hydrolysis) is 1. The van der Waals surface area contributed by atoms with E-state index in [9.17, 15) is 14.4 Å². The first kappa shape index (κ1) is 30.4. The summed E-state index contributed by atoms with van der Waals surface area (Å²) in [7, 11) is 0. The molecule has 3 unspecified atom stereocenters. The first-order chi connectivity index (χ1) is 17.9. The van der Waals surface area contributed by atoms with Crippen LogP contribution in [-0.4, -0.2) is 41.0 Å². The van der Waals surface area contributed by atoms with E-state index in [1.165, 1.54) is 4.90 Å². The van der Waals surface area contributed by atoms with Gasteiger partial charge in [-0.15, -0.1) is 6.42 Å². The average Bonchev–Trinajstić information content (AvgIpc) is 2.86. The lowest BCUT2D eigenvalue weighted by Crippen LogP contribution is -2.55. The molecule has 3 atom stereocenters. The normalized spacial score (nSPS) is 13.4. The summed E-state index contributed by atoms with van der Waals surface area (Å²) < 4.78 is 5.45. The maximum atomic E-state index is 14.2. The molecule has 2 rings (SSSR count). The molecule has 0 spiro atoms. The molecule has 7 nitrogen and oxygen atoms in total. The number of para-hydroxylation sites is 1. The number of anilines is 1. The molecule has 3 amide bonds. The van der Waals surface area contributed by atoms with Crippen LogP contribution in [0.2, 0.25) is 0 Å². The number of hydrogen-bond donors (Lipinski definition) is 2. The second-order valence-corrected chi connectivity index (χ2v) is 10.5. The Morgan fingerprint density at radius 2 is 1.68 bits per heavy atom. The summed E-state index contributed by atoms with van der Waals surface area (Å²) >= 11 is 0. The Morgan fingerprint density at radius 3 is 2.26 bits per heavy atom. The summed E-state index contributed by atoms with van der Waals surface area (Å²) in [6.45, 7) is 13.2. The van der Waals surface area contributed by atoms with Crippen LogP contribution >= 0.6 is 0 Å². The molecular formula is C31H41N3O4. The van der Waals surface area contributed by atoms with E-state index in [0.29, 0.717) is 29.7 Å². The van der Waals surface area contributed by atoms with Crippen molar-refractivity contribution in [3.8, 4) is 12.3 Å². The minimum atomic E-state index is -1.01. The lowest BCUT2D eigenvalue weighted by atomic mass is 9.94. The van der Waals surface area contributed by atoms with E-state index in [2.05, 4.69) is 16.6 Å². The van der Waals surface area contributed by atoms with Crippen LogP contribution in [0.25, 0.3) is 0 Å². The van der Waals surface area contributed by atoms with Gasteiger partial charge in [-0.2, -0.15) is 0 Å². The van der Waals surface area contributed by atoms with Gasteiger partial charge >= 0.3 is 6.09 Å². The smallest absolute Gasteiger partial charge is 0.408 e. The molecule has 2 aromatic rings. The number of terminal acetylenes is 1. The number of amides is 3. The predicted molar refractivity (Wildman–Crippen MR) is 152 cm³/mol. The van der Waals surface area contributed by atoms with Gasteiger partial charge in [0, 0.05) is 17.8 Å². The van der Waals surface area contributed by atoms with Crippen LogP contribution in [0, 0.1) is 25.2 Å². The van der Waals surface area contributed by atoms with Crippen molar-refractivity contribution in [3.63, 3.8) is 0 Å². The molecule has 2 aromatic carbocycles. The Morgan fingerprint density at radius 1 is 1.05 bits per heavy atom. The second-order valence-electron chi connectivity index (χ2n) is 10.5. The van der Waals surface area contributed by atoms with Crippen LogP contribution in [0.5, 0.6) is 0 Å². The number of carbonyl (C=O) groups is 3. The van der Waals surface area contributed by atoms with Gasteiger partial charge in [-0.25, -0.2) is 4.79 Å². The topological polar surface area (TPSA) is 87.7 Å². The van der Waals surface area contributed by atoms with Gasteiger partial charge in [-0.1, -0.05) is 69.5 Å². The number of rotatable bonds is 10. The molecule has 0 aliphatic carbocycles. The third kappa shape index (κ3) is 8.11. The van der Waals surface area contributed by atoms with E-state index in [-0.39, 0.29) is 24.3 Å². The molecule has 0 heterocycles. The summed E-state index contributed by atoms with van der Waals surface area (Å²) in [6.07, 6.45) is 6.36. The largest absolute Gasteiger partial charge is 0.444 e. The van der Waals surface area contributed by atoms with Crippen molar-refractivity contribution in [2.75, 3.05) is 11.9 Å². The first-order valence-electron chi connectivity index (χ1n) is 13.1. The predicted octanol–water partition coefficient (Wildman–Crippen LogP) is 5.83. The fourth-order valence-electron chi connectivity index (χ4n) is 4.14. The Kier molecular flexibility index (Phi) is 10.9. The SMILES string of the molecule is C#Cc1ccccc1C(C(=O)Nc1ccccc1C)N(CCC)C(=O)C(NC(=O)OC(C)(C)C)C(C)CC. The van der Waals surface area contributed by atoms with Gasteiger partial charge in [-0.3, -0.25) is 9.59 Å². The summed E-state index contributed by atoms with van der Waals surface area (Å²) in [5, 5.41) is 5.77. The maximum absolute atomic E-state index is 14.2. The van der Waals surface area contributed by atoms with E-state index in [4.69, 9.17) is 11.2 Å². The average molecular weight is 520 g/mol. The summed E-state index contributed by atoms with van der Waals surface area (Å²) in [6, 6.07) is 12.7. The van der Waals surface area contributed by atoms with Crippen LogP contribution < -0.4 is 10.6 Å². The fraction of sp³-hybridized carbons (Fsp3) is 0.452. The van der Waals surface area contributed by atoms with Crippen LogP contribution in [0.15, 0.2) is 48.5 Å². The van der Waals surface area contributed by atoms with Crippen LogP contribution in [0.3, 0.4) is 0 Å². The lowest BCUT2D eigenvalue weighted by Gasteiger charge is -2.36. The Labute approximate surface area is 227 Å². The fourth-order valence-corrected chi connectivity index (χ4v) is 4.14.